The molecule has 1 amide bonds. The highest BCUT2D eigenvalue weighted by atomic mass is 79.9. The molecule has 1 rings (SSSR count). The summed E-state index contributed by atoms with van der Waals surface area (Å²) in [5, 5.41) is 0.673. The Morgan fingerprint density at radius 2 is 1.88 bits per heavy atom. The van der Waals surface area contributed by atoms with E-state index in [1.807, 2.05) is 32.9 Å². The molecule has 0 fully saturated rings. The Bertz CT molecular complexity index is 386. The SMILES string of the molecule is CC(C)(C)OC(=O)N(Br)Cc1ccc(Cl)cc1. The fourth-order valence-corrected chi connectivity index (χ4v) is 1.61. The predicted octanol–water partition coefficient (Wildman–Crippen LogP) is 4.39. The minimum atomic E-state index is -0.497. The number of carbonyl (C=O) groups excluding carboxylic acids is 1. The van der Waals surface area contributed by atoms with E-state index in [0.29, 0.717) is 11.6 Å². The number of amides is 1. The topological polar surface area (TPSA) is 29.5 Å². The summed E-state index contributed by atoms with van der Waals surface area (Å²) in [6.07, 6.45) is -0.410. The Hall–Kier alpha value is -0.740. The molecule has 5 heteroatoms. The second-order valence-corrected chi connectivity index (χ2v) is 5.92. The molecule has 0 saturated heterocycles. The Balaban J connectivity index is 2.57. The van der Waals surface area contributed by atoms with E-state index in [9.17, 15) is 4.79 Å². The van der Waals surface area contributed by atoms with Gasteiger partial charge in [-0.25, -0.2) is 8.72 Å². The summed E-state index contributed by atoms with van der Waals surface area (Å²) in [7, 11) is 0. The van der Waals surface area contributed by atoms with Gasteiger partial charge in [-0.2, -0.15) is 0 Å². The van der Waals surface area contributed by atoms with Crippen molar-refractivity contribution in [3.05, 3.63) is 34.9 Å². The van der Waals surface area contributed by atoms with Crippen molar-refractivity contribution >= 4 is 33.8 Å². The van der Waals surface area contributed by atoms with Gasteiger partial charge in [0.15, 0.2) is 0 Å². The number of nitrogens with zero attached hydrogens (tertiary/aromatic N) is 1. The Morgan fingerprint density at radius 1 is 1.35 bits per heavy atom. The van der Waals surface area contributed by atoms with Gasteiger partial charge in [-0.1, -0.05) is 23.7 Å². The highest BCUT2D eigenvalue weighted by molar-refractivity contribution is 9.07. The van der Waals surface area contributed by atoms with Crippen LogP contribution in [0.25, 0.3) is 0 Å². The van der Waals surface area contributed by atoms with Crippen molar-refractivity contribution in [1.82, 2.24) is 3.93 Å². The van der Waals surface area contributed by atoms with E-state index in [0.717, 1.165) is 5.56 Å². The zero-order chi connectivity index (χ0) is 13.1. The molecule has 1 aromatic carbocycles. The van der Waals surface area contributed by atoms with Crippen molar-refractivity contribution in [2.45, 2.75) is 32.9 Å². The maximum absolute atomic E-state index is 11.7. The minimum Gasteiger partial charge on any atom is -0.443 e. The van der Waals surface area contributed by atoms with Crippen molar-refractivity contribution in [1.29, 1.82) is 0 Å². The van der Waals surface area contributed by atoms with Gasteiger partial charge >= 0.3 is 6.09 Å². The van der Waals surface area contributed by atoms with Crippen LogP contribution in [0.3, 0.4) is 0 Å². The first kappa shape index (κ1) is 14.3. The number of rotatable bonds is 2. The predicted molar refractivity (Wildman–Crippen MR) is 72.2 cm³/mol. The average molecular weight is 321 g/mol. The number of hydrogen-bond acceptors (Lipinski definition) is 2. The molecule has 0 bridgehead atoms. The standard InChI is InChI=1S/C12H15BrClNO2/c1-12(2,3)17-11(16)15(13)8-9-4-6-10(14)7-5-9/h4-7H,8H2,1-3H3. The number of halogens is 2. The van der Waals surface area contributed by atoms with Gasteiger partial charge in [0.1, 0.15) is 5.60 Å². The molecular weight excluding hydrogens is 305 g/mol. The van der Waals surface area contributed by atoms with Gasteiger partial charge in [0.25, 0.3) is 0 Å². The molecule has 0 aliphatic rings. The smallest absolute Gasteiger partial charge is 0.420 e. The van der Waals surface area contributed by atoms with Crippen LogP contribution in [0, 0.1) is 0 Å². The summed E-state index contributed by atoms with van der Waals surface area (Å²) in [5.74, 6) is 0. The summed E-state index contributed by atoms with van der Waals surface area (Å²) < 4.78 is 6.56. The highest BCUT2D eigenvalue weighted by Crippen LogP contribution is 2.16. The maximum atomic E-state index is 11.7. The number of benzene rings is 1. The fraction of sp³-hybridized carbons (Fsp3) is 0.417. The molecule has 0 heterocycles. The minimum absolute atomic E-state index is 0.410. The molecular formula is C12H15BrClNO2. The normalized spacial score (nSPS) is 11.1. The summed E-state index contributed by atoms with van der Waals surface area (Å²) in [6.45, 7) is 5.90. The van der Waals surface area contributed by atoms with Crippen LogP contribution in [0.5, 0.6) is 0 Å². The summed E-state index contributed by atoms with van der Waals surface area (Å²) in [6, 6.07) is 7.29. The molecule has 0 unspecified atom stereocenters. The summed E-state index contributed by atoms with van der Waals surface area (Å²) >= 11 is 8.96. The lowest BCUT2D eigenvalue weighted by Crippen LogP contribution is -2.30. The van der Waals surface area contributed by atoms with E-state index in [1.165, 1.54) is 3.93 Å². The lowest BCUT2D eigenvalue weighted by molar-refractivity contribution is 0.0407. The third-order valence-corrected chi connectivity index (χ3v) is 2.62. The Morgan fingerprint density at radius 3 is 2.35 bits per heavy atom. The van der Waals surface area contributed by atoms with Gasteiger partial charge < -0.3 is 4.74 Å². The van der Waals surface area contributed by atoms with Gasteiger partial charge in [-0.3, -0.25) is 0 Å². The molecule has 94 valence electrons. The van der Waals surface area contributed by atoms with Gasteiger partial charge in [-0.15, -0.1) is 0 Å². The Labute approximate surface area is 115 Å². The molecule has 0 aliphatic heterocycles. The first-order chi connectivity index (χ1) is 7.78. The van der Waals surface area contributed by atoms with Crippen molar-refractivity contribution in [2.75, 3.05) is 0 Å². The third-order valence-electron chi connectivity index (χ3n) is 1.83. The molecule has 17 heavy (non-hydrogen) atoms. The van der Waals surface area contributed by atoms with Crippen LogP contribution in [0.1, 0.15) is 26.3 Å². The number of carbonyl (C=O) groups is 1. The van der Waals surface area contributed by atoms with Gasteiger partial charge in [0.05, 0.1) is 22.7 Å². The lowest BCUT2D eigenvalue weighted by Gasteiger charge is -2.23. The van der Waals surface area contributed by atoms with E-state index in [4.69, 9.17) is 16.3 Å². The molecule has 0 atom stereocenters. The molecule has 0 radical (unpaired) electrons. The molecule has 0 aromatic heterocycles. The summed E-state index contributed by atoms with van der Waals surface area (Å²) in [4.78, 5) is 11.7. The maximum Gasteiger partial charge on any atom is 0.420 e. The van der Waals surface area contributed by atoms with Crippen molar-refractivity contribution in [2.24, 2.45) is 0 Å². The van der Waals surface area contributed by atoms with Crippen LogP contribution in [0.4, 0.5) is 4.79 Å². The first-order valence-corrected chi connectivity index (χ1v) is 6.27. The van der Waals surface area contributed by atoms with Gasteiger partial charge in [0.2, 0.25) is 0 Å². The van der Waals surface area contributed by atoms with Crippen LogP contribution in [0.15, 0.2) is 24.3 Å². The van der Waals surface area contributed by atoms with E-state index in [2.05, 4.69) is 16.1 Å². The van der Waals surface area contributed by atoms with Crippen molar-refractivity contribution < 1.29 is 9.53 Å². The average Bonchev–Trinajstić information content (AvgIpc) is 2.19. The quantitative estimate of drug-likeness (QED) is 0.756. The molecule has 0 aliphatic carbocycles. The number of hydrogen-bond donors (Lipinski definition) is 0. The number of ether oxygens (including phenoxy) is 1. The van der Waals surface area contributed by atoms with Crippen LogP contribution in [0.2, 0.25) is 5.02 Å². The van der Waals surface area contributed by atoms with Crippen LogP contribution in [-0.2, 0) is 11.3 Å². The van der Waals surface area contributed by atoms with Crippen LogP contribution >= 0.6 is 27.7 Å². The third kappa shape index (κ3) is 5.41. The van der Waals surface area contributed by atoms with E-state index < -0.39 is 11.7 Å². The van der Waals surface area contributed by atoms with Gasteiger partial charge in [-0.05, 0) is 38.5 Å². The monoisotopic (exact) mass is 319 g/mol. The molecule has 1 aromatic rings. The lowest BCUT2D eigenvalue weighted by atomic mass is 10.2. The van der Waals surface area contributed by atoms with Gasteiger partial charge in [0, 0.05) is 5.02 Å². The molecule has 0 N–H and O–H groups in total. The molecule has 0 saturated carbocycles. The van der Waals surface area contributed by atoms with E-state index in [1.54, 1.807) is 12.1 Å². The van der Waals surface area contributed by atoms with Crippen molar-refractivity contribution in [3.8, 4) is 0 Å². The summed E-state index contributed by atoms with van der Waals surface area (Å²) in [5.41, 5.74) is 0.473. The van der Waals surface area contributed by atoms with Crippen LogP contribution in [-0.4, -0.2) is 15.6 Å². The zero-order valence-corrected chi connectivity index (χ0v) is 12.4. The highest BCUT2D eigenvalue weighted by Gasteiger charge is 2.20. The second kappa shape index (κ2) is 5.74. The second-order valence-electron chi connectivity index (χ2n) is 4.63. The molecule has 0 spiro atoms. The Kier molecular flexibility index (Phi) is 4.83. The largest absolute Gasteiger partial charge is 0.443 e. The van der Waals surface area contributed by atoms with Crippen LogP contribution < -0.4 is 0 Å². The van der Waals surface area contributed by atoms with E-state index >= 15 is 0 Å². The fourth-order valence-electron chi connectivity index (χ4n) is 1.13. The zero-order valence-electron chi connectivity index (χ0n) is 10.0. The first-order valence-electron chi connectivity index (χ1n) is 5.19. The van der Waals surface area contributed by atoms with E-state index in [-0.39, 0.29) is 0 Å². The van der Waals surface area contributed by atoms with Crippen molar-refractivity contribution in [3.63, 3.8) is 0 Å². The molecule has 3 nitrogen and oxygen atoms in total.